The average molecular weight is 239 g/mol. The summed E-state index contributed by atoms with van der Waals surface area (Å²) < 4.78 is 5.62. The molecular weight excluding hydrogens is 214 g/mol. The van der Waals surface area contributed by atoms with Gasteiger partial charge in [-0.25, -0.2) is 0 Å². The summed E-state index contributed by atoms with van der Waals surface area (Å²) in [4.78, 5) is 4.44. The quantitative estimate of drug-likeness (QED) is 0.566. The lowest BCUT2D eigenvalue weighted by atomic mass is 9.85. The van der Waals surface area contributed by atoms with Gasteiger partial charge in [-0.3, -0.25) is 4.99 Å². The van der Waals surface area contributed by atoms with Crippen LogP contribution in [0.5, 0.6) is 0 Å². The minimum Gasteiger partial charge on any atom is -0.376 e. The van der Waals surface area contributed by atoms with Gasteiger partial charge >= 0.3 is 0 Å². The molecule has 2 rings (SSSR count). The molecule has 0 radical (unpaired) electrons. The molecule has 2 aliphatic rings. The first-order valence-electron chi connectivity index (χ1n) is 6.83. The highest BCUT2D eigenvalue weighted by Crippen LogP contribution is 2.32. The number of hydrogen-bond acceptors (Lipinski definition) is 2. The van der Waals surface area contributed by atoms with Crippen molar-refractivity contribution in [2.75, 3.05) is 20.2 Å². The first-order chi connectivity index (χ1) is 8.24. The molecule has 0 saturated heterocycles. The maximum absolute atomic E-state index is 5.88. The summed E-state index contributed by atoms with van der Waals surface area (Å²) in [5, 5.41) is 3.22. The third-order valence-electron chi connectivity index (χ3n) is 4.28. The fourth-order valence-corrected chi connectivity index (χ4v) is 2.68. The molecular formula is C13H25N3O. The Morgan fingerprint density at radius 2 is 2.06 bits per heavy atom. The van der Waals surface area contributed by atoms with Crippen molar-refractivity contribution in [1.29, 1.82) is 0 Å². The highest BCUT2D eigenvalue weighted by molar-refractivity contribution is 5.77. The van der Waals surface area contributed by atoms with Crippen LogP contribution in [0.3, 0.4) is 0 Å². The molecule has 0 spiro atoms. The molecule has 2 aliphatic carbocycles. The van der Waals surface area contributed by atoms with Gasteiger partial charge in [-0.05, 0) is 31.6 Å². The van der Waals surface area contributed by atoms with Crippen LogP contribution in [0.2, 0.25) is 0 Å². The second-order valence-electron chi connectivity index (χ2n) is 5.47. The van der Waals surface area contributed by atoms with Crippen molar-refractivity contribution in [1.82, 2.24) is 5.32 Å². The van der Waals surface area contributed by atoms with E-state index in [9.17, 15) is 0 Å². The first-order valence-corrected chi connectivity index (χ1v) is 6.83. The Labute approximate surface area is 104 Å². The number of rotatable bonds is 5. The Morgan fingerprint density at radius 3 is 2.59 bits per heavy atom. The molecule has 0 bridgehead atoms. The molecule has 0 heterocycles. The van der Waals surface area contributed by atoms with Crippen LogP contribution in [-0.4, -0.2) is 31.8 Å². The lowest BCUT2D eigenvalue weighted by Gasteiger charge is -2.27. The van der Waals surface area contributed by atoms with Gasteiger partial charge in [-0.1, -0.05) is 19.3 Å². The van der Waals surface area contributed by atoms with Crippen molar-refractivity contribution in [2.45, 2.75) is 50.5 Å². The van der Waals surface area contributed by atoms with Crippen molar-refractivity contribution in [3.8, 4) is 0 Å². The Morgan fingerprint density at radius 1 is 1.35 bits per heavy atom. The third-order valence-corrected chi connectivity index (χ3v) is 4.28. The smallest absolute Gasteiger partial charge is 0.188 e. The number of guanidine groups is 1. The van der Waals surface area contributed by atoms with E-state index in [0.29, 0.717) is 12.5 Å². The topological polar surface area (TPSA) is 59.6 Å². The molecule has 0 aromatic rings. The Balaban J connectivity index is 1.73. The van der Waals surface area contributed by atoms with Gasteiger partial charge in [-0.15, -0.1) is 0 Å². The van der Waals surface area contributed by atoms with Crippen LogP contribution < -0.4 is 11.1 Å². The van der Waals surface area contributed by atoms with Gasteiger partial charge in [0.15, 0.2) is 5.96 Å². The van der Waals surface area contributed by atoms with Gasteiger partial charge in [0.05, 0.1) is 12.1 Å². The van der Waals surface area contributed by atoms with E-state index in [1.165, 1.54) is 32.1 Å². The molecule has 0 aromatic heterocycles. The lowest BCUT2D eigenvalue weighted by molar-refractivity contribution is 0.00423. The van der Waals surface area contributed by atoms with Crippen LogP contribution >= 0.6 is 0 Å². The van der Waals surface area contributed by atoms with Gasteiger partial charge in [0.2, 0.25) is 0 Å². The molecule has 3 N–H and O–H groups in total. The normalized spacial score (nSPS) is 24.6. The van der Waals surface area contributed by atoms with Crippen LogP contribution in [0.4, 0.5) is 0 Å². The predicted octanol–water partition coefficient (Wildman–Crippen LogP) is 1.65. The maximum atomic E-state index is 5.88. The zero-order chi connectivity index (χ0) is 12.1. The van der Waals surface area contributed by atoms with E-state index in [4.69, 9.17) is 10.5 Å². The highest BCUT2D eigenvalue weighted by Gasteiger charge is 2.33. The Kier molecular flexibility index (Phi) is 4.26. The minimum atomic E-state index is -0.0389. The molecule has 17 heavy (non-hydrogen) atoms. The molecule has 0 atom stereocenters. The number of ether oxygens (including phenoxy) is 1. The number of nitrogens with zero attached hydrogens (tertiary/aromatic N) is 1. The fourth-order valence-electron chi connectivity index (χ4n) is 2.68. The van der Waals surface area contributed by atoms with Gasteiger partial charge < -0.3 is 15.8 Å². The summed E-state index contributed by atoms with van der Waals surface area (Å²) in [6.45, 7) is 1.68. The molecule has 4 heteroatoms. The highest BCUT2D eigenvalue weighted by atomic mass is 16.5. The molecule has 0 unspecified atom stereocenters. The molecule has 0 aromatic carbocycles. The Bertz CT molecular complexity index is 268. The summed E-state index contributed by atoms with van der Waals surface area (Å²) in [7, 11) is 1.79. The second kappa shape index (κ2) is 5.71. The van der Waals surface area contributed by atoms with Crippen LogP contribution in [0, 0.1) is 5.92 Å². The maximum Gasteiger partial charge on any atom is 0.188 e. The van der Waals surface area contributed by atoms with Gasteiger partial charge in [0.1, 0.15) is 0 Å². The largest absolute Gasteiger partial charge is 0.376 e. The number of nitrogens with one attached hydrogen (secondary N) is 1. The Hall–Kier alpha value is -0.770. The standard InChI is InChI=1S/C13H25N3O/c1-17-13(7-2-3-8-13)10-16-12(14)15-9-11-5-4-6-11/h11H,2-10H2,1H3,(H3,14,15,16). The number of aliphatic imine (C=N–C) groups is 1. The number of hydrogen-bond donors (Lipinski definition) is 2. The molecule has 2 saturated carbocycles. The average Bonchev–Trinajstić information content (AvgIpc) is 2.74. The number of nitrogens with two attached hydrogens (primary N) is 1. The third kappa shape index (κ3) is 3.35. The van der Waals surface area contributed by atoms with Crippen molar-refractivity contribution in [3.05, 3.63) is 0 Å². The molecule has 0 amide bonds. The van der Waals surface area contributed by atoms with E-state index < -0.39 is 0 Å². The van der Waals surface area contributed by atoms with Crippen molar-refractivity contribution >= 4 is 5.96 Å². The molecule has 2 fully saturated rings. The zero-order valence-corrected chi connectivity index (χ0v) is 10.9. The van der Waals surface area contributed by atoms with Crippen molar-refractivity contribution < 1.29 is 4.74 Å². The van der Waals surface area contributed by atoms with Crippen LogP contribution in [0.1, 0.15) is 44.9 Å². The van der Waals surface area contributed by atoms with E-state index in [2.05, 4.69) is 10.3 Å². The first kappa shape index (κ1) is 12.7. The van der Waals surface area contributed by atoms with E-state index in [0.717, 1.165) is 25.3 Å². The second-order valence-corrected chi connectivity index (χ2v) is 5.47. The zero-order valence-electron chi connectivity index (χ0n) is 10.9. The monoisotopic (exact) mass is 239 g/mol. The predicted molar refractivity (Wildman–Crippen MR) is 70.0 cm³/mol. The lowest BCUT2D eigenvalue weighted by Crippen LogP contribution is -2.39. The van der Waals surface area contributed by atoms with Crippen LogP contribution in [0.15, 0.2) is 4.99 Å². The van der Waals surface area contributed by atoms with Crippen molar-refractivity contribution in [2.24, 2.45) is 16.6 Å². The minimum absolute atomic E-state index is 0.0389. The summed E-state index contributed by atoms with van der Waals surface area (Å²) >= 11 is 0. The van der Waals surface area contributed by atoms with E-state index in [1.54, 1.807) is 7.11 Å². The SMILES string of the molecule is COC1(CN=C(N)NCC2CCC2)CCCC1. The summed E-state index contributed by atoms with van der Waals surface area (Å²) in [5.41, 5.74) is 5.84. The van der Waals surface area contributed by atoms with Crippen LogP contribution in [0.25, 0.3) is 0 Å². The summed E-state index contributed by atoms with van der Waals surface area (Å²) in [5.74, 6) is 1.40. The number of methoxy groups -OCH3 is 1. The molecule has 4 nitrogen and oxygen atoms in total. The van der Waals surface area contributed by atoms with E-state index >= 15 is 0 Å². The molecule has 0 aliphatic heterocycles. The molecule has 98 valence electrons. The van der Waals surface area contributed by atoms with Gasteiger partial charge in [0.25, 0.3) is 0 Å². The fraction of sp³-hybridized carbons (Fsp3) is 0.923. The van der Waals surface area contributed by atoms with Crippen LogP contribution in [-0.2, 0) is 4.74 Å². The summed E-state index contributed by atoms with van der Waals surface area (Å²) in [6, 6.07) is 0. The van der Waals surface area contributed by atoms with E-state index in [1.807, 2.05) is 0 Å². The van der Waals surface area contributed by atoms with Gasteiger partial charge in [0, 0.05) is 13.7 Å². The van der Waals surface area contributed by atoms with Crippen molar-refractivity contribution in [3.63, 3.8) is 0 Å². The van der Waals surface area contributed by atoms with E-state index in [-0.39, 0.29) is 5.60 Å². The summed E-state index contributed by atoms with van der Waals surface area (Å²) in [6.07, 6.45) is 8.77. The van der Waals surface area contributed by atoms with Gasteiger partial charge in [-0.2, -0.15) is 0 Å².